The first-order valence-corrected chi connectivity index (χ1v) is 7.88. The van der Waals surface area contributed by atoms with Gasteiger partial charge in [0.05, 0.1) is 12.7 Å². The Morgan fingerprint density at radius 2 is 1.84 bits per heavy atom. The van der Waals surface area contributed by atoms with E-state index in [0.717, 1.165) is 24.3 Å². The molecule has 3 heteroatoms. The fourth-order valence-corrected chi connectivity index (χ4v) is 5.59. The average Bonchev–Trinajstić information content (AvgIpc) is 2.73. The molecule has 0 spiro atoms. The molecule has 104 valence electrons. The molecule has 0 aromatic carbocycles. The number of nitrogens with two attached hydrogens (primary N) is 1. The fourth-order valence-electron chi connectivity index (χ4n) is 5.59. The Bertz CT molecular complexity index is 441. The second-order valence-corrected chi connectivity index (χ2v) is 7.63. The van der Waals surface area contributed by atoms with Crippen LogP contribution in [0.5, 0.6) is 0 Å². The highest BCUT2D eigenvalue weighted by molar-refractivity contribution is 5.06. The molecule has 4 fully saturated rings. The predicted octanol–water partition coefficient (Wildman–Crippen LogP) is 2.74. The second kappa shape index (κ2) is 4.08. The zero-order valence-electron chi connectivity index (χ0n) is 11.9. The molecule has 4 bridgehead atoms. The largest absolute Gasteiger partial charge is 0.326 e. The van der Waals surface area contributed by atoms with Gasteiger partial charge in [-0.1, -0.05) is 0 Å². The molecular formula is C16H25N3. The van der Waals surface area contributed by atoms with Gasteiger partial charge in [-0.2, -0.15) is 5.10 Å². The number of aryl methyl sites for hydroxylation is 1. The lowest BCUT2D eigenvalue weighted by Gasteiger charge is -2.58. The van der Waals surface area contributed by atoms with Crippen molar-refractivity contribution in [1.29, 1.82) is 0 Å². The van der Waals surface area contributed by atoms with Gasteiger partial charge in [-0.25, -0.2) is 0 Å². The molecule has 1 aromatic heterocycles. The van der Waals surface area contributed by atoms with Gasteiger partial charge in [-0.05, 0) is 74.2 Å². The molecule has 1 unspecified atom stereocenters. The SMILES string of the molecule is Cc1cnn(CC(N)C23CC4CC(CC(C4)C2)C3)c1. The molecule has 19 heavy (non-hydrogen) atoms. The number of hydrogen-bond donors (Lipinski definition) is 1. The van der Waals surface area contributed by atoms with Gasteiger partial charge in [0.15, 0.2) is 0 Å². The Morgan fingerprint density at radius 1 is 1.26 bits per heavy atom. The predicted molar refractivity (Wildman–Crippen MR) is 75.5 cm³/mol. The Kier molecular flexibility index (Phi) is 2.57. The van der Waals surface area contributed by atoms with Gasteiger partial charge in [-0.3, -0.25) is 4.68 Å². The highest BCUT2D eigenvalue weighted by Crippen LogP contribution is 2.61. The Labute approximate surface area is 115 Å². The molecule has 3 nitrogen and oxygen atoms in total. The van der Waals surface area contributed by atoms with E-state index >= 15 is 0 Å². The monoisotopic (exact) mass is 259 g/mol. The number of hydrogen-bond acceptors (Lipinski definition) is 2. The van der Waals surface area contributed by atoms with Gasteiger partial charge in [0.25, 0.3) is 0 Å². The molecule has 2 N–H and O–H groups in total. The van der Waals surface area contributed by atoms with Crippen molar-refractivity contribution in [2.75, 3.05) is 0 Å². The van der Waals surface area contributed by atoms with E-state index in [-0.39, 0.29) is 0 Å². The van der Waals surface area contributed by atoms with Gasteiger partial charge in [-0.15, -0.1) is 0 Å². The van der Waals surface area contributed by atoms with Crippen molar-refractivity contribution in [3.8, 4) is 0 Å². The summed E-state index contributed by atoms with van der Waals surface area (Å²) in [6.45, 7) is 3.00. The second-order valence-electron chi connectivity index (χ2n) is 7.63. The summed E-state index contributed by atoms with van der Waals surface area (Å²) in [4.78, 5) is 0. The molecule has 5 rings (SSSR count). The van der Waals surface area contributed by atoms with Gasteiger partial charge in [0, 0.05) is 12.2 Å². The van der Waals surface area contributed by atoms with Crippen LogP contribution in [0.15, 0.2) is 12.4 Å². The number of rotatable bonds is 3. The van der Waals surface area contributed by atoms with E-state index in [2.05, 4.69) is 22.9 Å². The molecule has 0 saturated heterocycles. The number of aromatic nitrogens is 2. The molecule has 0 aliphatic heterocycles. The maximum Gasteiger partial charge on any atom is 0.0566 e. The Morgan fingerprint density at radius 3 is 2.32 bits per heavy atom. The van der Waals surface area contributed by atoms with E-state index in [1.54, 1.807) is 0 Å². The topological polar surface area (TPSA) is 43.8 Å². The summed E-state index contributed by atoms with van der Waals surface area (Å²) in [6.07, 6.45) is 12.7. The third-order valence-corrected chi connectivity index (χ3v) is 6.02. The third kappa shape index (κ3) is 1.94. The minimum absolute atomic E-state index is 0.292. The standard InChI is InChI=1S/C16H25N3/c1-11-8-18-19(9-11)10-15(17)16-5-12-2-13(6-16)4-14(3-12)7-16/h8-9,12-15H,2-7,10,17H2,1H3. The van der Waals surface area contributed by atoms with Crippen molar-refractivity contribution in [2.24, 2.45) is 28.9 Å². The minimum atomic E-state index is 0.292. The summed E-state index contributed by atoms with van der Waals surface area (Å²) in [5.41, 5.74) is 8.33. The van der Waals surface area contributed by atoms with Crippen molar-refractivity contribution < 1.29 is 0 Å². The van der Waals surface area contributed by atoms with Gasteiger partial charge < -0.3 is 5.73 Å². The molecule has 4 aliphatic carbocycles. The first-order chi connectivity index (χ1) is 9.13. The normalized spacial score (nSPS) is 41.7. The van der Waals surface area contributed by atoms with E-state index < -0.39 is 0 Å². The molecule has 4 aliphatic rings. The van der Waals surface area contributed by atoms with E-state index in [0.29, 0.717) is 11.5 Å². The van der Waals surface area contributed by atoms with Crippen LogP contribution in [0.4, 0.5) is 0 Å². The first-order valence-electron chi connectivity index (χ1n) is 7.88. The lowest BCUT2D eigenvalue weighted by Crippen LogP contribution is -2.55. The van der Waals surface area contributed by atoms with Crippen LogP contribution in [0.2, 0.25) is 0 Å². The molecule has 1 aromatic rings. The van der Waals surface area contributed by atoms with E-state index in [9.17, 15) is 0 Å². The molecule has 0 radical (unpaired) electrons. The first kappa shape index (κ1) is 12.0. The van der Waals surface area contributed by atoms with Crippen molar-refractivity contribution in [2.45, 2.75) is 58.0 Å². The van der Waals surface area contributed by atoms with E-state index in [4.69, 9.17) is 5.73 Å². The fraction of sp³-hybridized carbons (Fsp3) is 0.812. The van der Waals surface area contributed by atoms with Gasteiger partial charge >= 0.3 is 0 Å². The van der Waals surface area contributed by atoms with Gasteiger partial charge in [0.2, 0.25) is 0 Å². The van der Waals surface area contributed by atoms with Crippen molar-refractivity contribution in [3.63, 3.8) is 0 Å². The summed E-state index contributed by atoms with van der Waals surface area (Å²) >= 11 is 0. The average molecular weight is 259 g/mol. The lowest BCUT2D eigenvalue weighted by atomic mass is 9.48. The number of nitrogens with zero attached hydrogens (tertiary/aromatic N) is 2. The van der Waals surface area contributed by atoms with Crippen LogP contribution in [0.1, 0.15) is 44.1 Å². The third-order valence-electron chi connectivity index (χ3n) is 6.02. The van der Waals surface area contributed by atoms with Crippen LogP contribution in [-0.2, 0) is 6.54 Å². The summed E-state index contributed by atoms with van der Waals surface area (Å²) in [7, 11) is 0. The Hall–Kier alpha value is -0.830. The Balaban J connectivity index is 1.54. The lowest BCUT2D eigenvalue weighted by molar-refractivity contribution is -0.0699. The van der Waals surface area contributed by atoms with Crippen LogP contribution < -0.4 is 5.73 Å². The summed E-state index contributed by atoms with van der Waals surface area (Å²) < 4.78 is 2.05. The highest BCUT2D eigenvalue weighted by atomic mass is 15.3. The molecule has 4 saturated carbocycles. The van der Waals surface area contributed by atoms with Crippen molar-refractivity contribution in [3.05, 3.63) is 18.0 Å². The van der Waals surface area contributed by atoms with Crippen LogP contribution in [-0.4, -0.2) is 15.8 Å². The van der Waals surface area contributed by atoms with Crippen LogP contribution in [0.3, 0.4) is 0 Å². The minimum Gasteiger partial charge on any atom is -0.326 e. The van der Waals surface area contributed by atoms with Crippen LogP contribution in [0.25, 0.3) is 0 Å². The van der Waals surface area contributed by atoms with Crippen molar-refractivity contribution >= 4 is 0 Å². The highest BCUT2D eigenvalue weighted by Gasteiger charge is 2.53. The zero-order chi connectivity index (χ0) is 13.0. The van der Waals surface area contributed by atoms with E-state index in [1.807, 2.05) is 6.20 Å². The molecule has 1 atom stereocenters. The maximum atomic E-state index is 6.65. The van der Waals surface area contributed by atoms with E-state index in [1.165, 1.54) is 44.1 Å². The zero-order valence-corrected chi connectivity index (χ0v) is 11.9. The molecule has 0 amide bonds. The smallest absolute Gasteiger partial charge is 0.0566 e. The van der Waals surface area contributed by atoms with Crippen LogP contribution in [0, 0.1) is 30.1 Å². The summed E-state index contributed by atoms with van der Waals surface area (Å²) in [5, 5.41) is 4.42. The maximum absolute atomic E-state index is 6.65. The van der Waals surface area contributed by atoms with Crippen molar-refractivity contribution in [1.82, 2.24) is 9.78 Å². The molecular weight excluding hydrogens is 234 g/mol. The quantitative estimate of drug-likeness (QED) is 0.907. The van der Waals surface area contributed by atoms with Crippen LogP contribution >= 0.6 is 0 Å². The van der Waals surface area contributed by atoms with Gasteiger partial charge in [0.1, 0.15) is 0 Å². The summed E-state index contributed by atoms with van der Waals surface area (Å²) in [6, 6.07) is 0.292. The summed E-state index contributed by atoms with van der Waals surface area (Å²) in [5.74, 6) is 2.95. The molecule has 1 heterocycles.